The lowest BCUT2D eigenvalue weighted by Crippen LogP contribution is -2.38. The van der Waals surface area contributed by atoms with Gasteiger partial charge < -0.3 is 15.0 Å². The van der Waals surface area contributed by atoms with E-state index in [2.05, 4.69) is 22.2 Å². The Kier molecular flexibility index (Phi) is 6.74. The number of hydrogen-bond donors (Lipinski definition) is 1. The summed E-state index contributed by atoms with van der Waals surface area (Å²) in [4.78, 5) is 21.9. The molecule has 1 atom stereocenters. The molecule has 6 heteroatoms. The van der Waals surface area contributed by atoms with Crippen molar-refractivity contribution in [1.29, 1.82) is 0 Å². The second-order valence-corrected chi connectivity index (χ2v) is 6.69. The maximum Gasteiger partial charge on any atom is 0.410 e. The number of rotatable bonds is 6. The highest BCUT2D eigenvalue weighted by Crippen LogP contribution is 2.10. The Labute approximate surface area is 133 Å². The van der Waals surface area contributed by atoms with Crippen LogP contribution in [0.25, 0.3) is 0 Å². The standard InChI is InChI=1S/C16H28N4O2/c1-12(11-20(6)15(21)22-16(3,4)5)9-17-10-14-7-8-18-13(2)19-14/h7-8,12,17H,9-11H2,1-6H3. The van der Waals surface area contributed by atoms with Crippen LogP contribution in [0, 0.1) is 12.8 Å². The first-order valence-corrected chi connectivity index (χ1v) is 7.60. The highest BCUT2D eigenvalue weighted by atomic mass is 16.6. The van der Waals surface area contributed by atoms with Gasteiger partial charge in [0, 0.05) is 26.3 Å². The van der Waals surface area contributed by atoms with Crippen LogP contribution < -0.4 is 5.32 Å². The van der Waals surface area contributed by atoms with E-state index in [4.69, 9.17) is 4.74 Å². The number of nitrogens with zero attached hydrogens (tertiary/aromatic N) is 3. The topological polar surface area (TPSA) is 67.4 Å². The van der Waals surface area contributed by atoms with Gasteiger partial charge in [-0.3, -0.25) is 0 Å². The van der Waals surface area contributed by atoms with E-state index in [-0.39, 0.29) is 6.09 Å². The Bertz CT molecular complexity index is 485. The molecule has 1 aromatic rings. The van der Waals surface area contributed by atoms with E-state index >= 15 is 0 Å². The minimum absolute atomic E-state index is 0.286. The number of aryl methyl sites for hydroxylation is 1. The zero-order valence-electron chi connectivity index (χ0n) is 14.5. The fraction of sp³-hybridized carbons (Fsp3) is 0.688. The normalized spacial score (nSPS) is 12.8. The second kappa shape index (κ2) is 8.08. The van der Waals surface area contributed by atoms with E-state index in [1.165, 1.54) is 0 Å². The molecule has 0 saturated heterocycles. The lowest BCUT2D eigenvalue weighted by molar-refractivity contribution is 0.0277. The molecule has 124 valence electrons. The minimum Gasteiger partial charge on any atom is -0.444 e. The van der Waals surface area contributed by atoms with E-state index in [0.29, 0.717) is 19.0 Å². The first kappa shape index (κ1) is 18.4. The first-order chi connectivity index (χ1) is 10.2. The molecule has 0 radical (unpaired) electrons. The third kappa shape index (κ3) is 7.36. The average Bonchev–Trinajstić information content (AvgIpc) is 2.36. The summed E-state index contributed by atoms with van der Waals surface area (Å²) in [5.74, 6) is 1.09. The van der Waals surface area contributed by atoms with Gasteiger partial charge in [0.2, 0.25) is 0 Å². The van der Waals surface area contributed by atoms with Crippen molar-refractivity contribution in [2.75, 3.05) is 20.1 Å². The van der Waals surface area contributed by atoms with Gasteiger partial charge in [0.15, 0.2) is 0 Å². The Morgan fingerprint density at radius 1 is 1.45 bits per heavy atom. The molecule has 0 spiro atoms. The summed E-state index contributed by atoms with van der Waals surface area (Å²) >= 11 is 0. The summed E-state index contributed by atoms with van der Waals surface area (Å²) in [5, 5.41) is 3.35. The molecule has 1 rings (SSSR count). The van der Waals surface area contributed by atoms with Crippen molar-refractivity contribution in [3.05, 3.63) is 23.8 Å². The summed E-state index contributed by atoms with van der Waals surface area (Å²) in [7, 11) is 1.76. The average molecular weight is 308 g/mol. The molecule has 0 aliphatic carbocycles. The zero-order valence-corrected chi connectivity index (χ0v) is 14.5. The predicted octanol–water partition coefficient (Wildman–Crippen LogP) is 2.38. The predicted molar refractivity (Wildman–Crippen MR) is 86.5 cm³/mol. The molecular weight excluding hydrogens is 280 g/mol. The zero-order chi connectivity index (χ0) is 16.8. The fourth-order valence-electron chi connectivity index (χ4n) is 2.00. The van der Waals surface area contributed by atoms with Crippen molar-refractivity contribution in [2.24, 2.45) is 5.92 Å². The summed E-state index contributed by atoms with van der Waals surface area (Å²) in [6.07, 6.45) is 1.48. The van der Waals surface area contributed by atoms with Crippen molar-refractivity contribution >= 4 is 6.09 Å². The van der Waals surface area contributed by atoms with E-state index in [0.717, 1.165) is 18.1 Å². The second-order valence-electron chi connectivity index (χ2n) is 6.69. The number of ether oxygens (including phenoxy) is 1. The van der Waals surface area contributed by atoms with Crippen LogP contribution in [0.4, 0.5) is 4.79 Å². The molecule has 1 heterocycles. The number of carbonyl (C=O) groups is 1. The molecule has 1 aromatic heterocycles. The maximum atomic E-state index is 11.9. The largest absolute Gasteiger partial charge is 0.444 e. The Morgan fingerprint density at radius 3 is 2.73 bits per heavy atom. The van der Waals surface area contributed by atoms with Crippen LogP contribution in [-0.4, -0.2) is 46.7 Å². The quantitative estimate of drug-likeness (QED) is 0.874. The van der Waals surface area contributed by atoms with Crippen LogP contribution >= 0.6 is 0 Å². The van der Waals surface area contributed by atoms with Gasteiger partial charge in [0.25, 0.3) is 0 Å². The molecule has 6 nitrogen and oxygen atoms in total. The lowest BCUT2D eigenvalue weighted by Gasteiger charge is -2.26. The first-order valence-electron chi connectivity index (χ1n) is 7.60. The monoisotopic (exact) mass is 308 g/mol. The molecule has 1 unspecified atom stereocenters. The van der Waals surface area contributed by atoms with Crippen molar-refractivity contribution in [3.8, 4) is 0 Å². The van der Waals surface area contributed by atoms with Crippen LogP contribution in [0.2, 0.25) is 0 Å². The summed E-state index contributed by atoms with van der Waals surface area (Å²) in [6.45, 7) is 11.7. The van der Waals surface area contributed by atoms with Gasteiger partial charge in [-0.1, -0.05) is 6.92 Å². The molecule has 0 aliphatic heterocycles. The highest BCUT2D eigenvalue weighted by Gasteiger charge is 2.20. The number of aromatic nitrogens is 2. The summed E-state index contributed by atoms with van der Waals surface area (Å²) in [6, 6.07) is 1.90. The SMILES string of the molecule is Cc1nccc(CNCC(C)CN(C)C(=O)OC(C)(C)C)n1. The molecule has 0 aromatic carbocycles. The number of carbonyl (C=O) groups excluding carboxylic acids is 1. The van der Waals surface area contributed by atoms with Crippen LogP contribution in [0.1, 0.15) is 39.2 Å². The van der Waals surface area contributed by atoms with E-state index in [1.807, 2.05) is 33.8 Å². The molecule has 1 N–H and O–H groups in total. The van der Waals surface area contributed by atoms with Gasteiger partial charge in [-0.05, 0) is 46.2 Å². The van der Waals surface area contributed by atoms with Crippen LogP contribution in [0.3, 0.4) is 0 Å². The Balaban J connectivity index is 2.31. The van der Waals surface area contributed by atoms with Gasteiger partial charge in [-0.25, -0.2) is 14.8 Å². The van der Waals surface area contributed by atoms with Crippen LogP contribution in [-0.2, 0) is 11.3 Å². The van der Waals surface area contributed by atoms with Gasteiger partial charge in [-0.15, -0.1) is 0 Å². The third-order valence-electron chi connectivity index (χ3n) is 2.92. The van der Waals surface area contributed by atoms with E-state index < -0.39 is 5.60 Å². The van der Waals surface area contributed by atoms with Crippen LogP contribution in [0.5, 0.6) is 0 Å². The smallest absolute Gasteiger partial charge is 0.410 e. The molecule has 0 aliphatic rings. The molecule has 0 saturated carbocycles. The van der Waals surface area contributed by atoms with E-state index in [9.17, 15) is 4.79 Å². The molecule has 1 amide bonds. The van der Waals surface area contributed by atoms with Crippen molar-refractivity contribution in [1.82, 2.24) is 20.2 Å². The van der Waals surface area contributed by atoms with Gasteiger partial charge >= 0.3 is 6.09 Å². The van der Waals surface area contributed by atoms with Gasteiger partial charge in [0.05, 0.1) is 5.69 Å². The van der Waals surface area contributed by atoms with Crippen molar-refractivity contribution < 1.29 is 9.53 Å². The number of hydrogen-bond acceptors (Lipinski definition) is 5. The summed E-state index contributed by atoms with van der Waals surface area (Å²) < 4.78 is 5.34. The molecular formula is C16H28N4O2. The number of amides is 1. The Hall–Kier alpha value is -1.69. The lowest BCUT2D eigenvalue weighted by atomic mass is 10.1. The molecule has 0 bridgehead atoms. The highest BCUT2D eigenvalue weighted by molar-refractivity contribution is 5.67. The van der Waals surface area contributed by atoms with Crippen molar-refractivity contribution in [3.63, 3.8) is 0 Å². The van der Waals surface area contributed by atoms with Crippen molar-refractivity contribution in [2.45, 2.75) is 46.8 Å². The minimum atomic E-state index is -0.461. The van der Waals surface area contributed by atoms with Gasteiger partial charge in [-0.2, -0.15) is 0 Å². The van der Waals surface area contributed by atoms with Gasteiger partial charge in [0.1, 0.15) is 11.4 Å². The van der Waals surface area contributed by atoms with E-state index in [1.54, 1.807) is 18.1 Å². The Morgan fingerprint density at radius 2 is 2.14 bits per heavy atom. The maximum absolute atomic E-state index is 11.9. The third-order valence-corrected chi connectivity index (χ3v) is 2.92. The molecule has 22 heavy (non-hydrogen) atoms. The number of nitrogens with one attached hydrogen (secondary N) is 1. The van der Waals surface area contributed by atoms with Crippen LogP contribution in [0.15, 0.2) is 12.3 Å². The molecule has 0 fully saturated rings. The fourth-order valence-corrected chi connectivity index (χ4v) is 2.00. The summed E-state index contributed by atoms with van der Waals surface area (Å²) in [5.41, 5.74) is 0.512.